The van der Waals surface area contributed by atoms with Crippen molar-refractivity contribution in [3.63, 3.8) is 0 Å². The maximum Gasteiger partial charge on any atom is 0.122 e. The fourth-order valence-corrected chi connectivity index (χ4v) is 2.91. The fraction of sp³-hybridized carbons (Fsp3) is 0.471. The Hall–Kier alpha value is -1.81. The second-order valence-corrected chi connectivity index (χ2v) is 5.57. The molecule has 2 aromatic rings. The van der Waals surface area contributed by atoms with E-state index in [0.29, 0.717) is 0 Å². The number of hydrogen-bond acceptors (Lipinski definition) is 3. The first-order valence-corrected chi connectivity index (χ1v) is 7.78. The molecule has 4 heteroatoms. The molecule has 0 fully saturated rings. The molecule has 1 aromatic heterocycles. The van der Waals surface area contributed by atoms with Gasteiger partial charge in [0.15, 0.2) is 0 Å². The van der Waals surface area contributed by atoms with Crippen LogP contribution in [0.4, 0.5) is 0 Å². The van der Waals surface area contributed by atoms with Gasteiger partial charge in [0.05, 0.1) is 12.3 Å². The number of benzene rings is 1. The van der Waals surface area contributed by atoms with Crippen LogP contribution in [0.15, 0.2) is 24.3 Å². The molecule has 112 valence electrons. The number of hydrogen-bond donors (Lipinski definition) is 1. The molecule has 0 spiro atoms. The van der Waals surface area contributed by atoms with Crippen LogP contribution < -0.4 is 10.5 Å². The van der Waals surface area contributed by atoms with Gasteiger partial charge in [0.25, 0.3) is 0 Å². The fourth-order valence-electron chi connectivity index (χ4n) is 2.91. The van der Waals surface area contributed by atoms with E-state index in [4.69, 9.17) is 10.5 Å². The Labute approximate surface area is 125 Å². The Balaban J connectivity index is 1.79. The highest BCUT2D eigenvalue weighted by Gasteiger charge is 2.16. The lowest BCUT2D eigenvalue weighted by Crippen LogP contribution is -2.16. The van der Waals surface area contributed by atoms with Crippen LogP contribution in [0.1, 0.15) is 42.4 Å². The Morgan fingerprint density at radius 2 is 2.19 bits per heavy atom. The zero-order valence-corrected chi connectivity index (χ0v) is 12.8. The highest BCUT2D eigenvalue weighted by Crippen LogP contribution is 2.28. The second-order valence-electron chi connectivity index (χ2n) is 5.57. The van der Waals surface area contributed by atoms with Crippen LogP contribution in [-0.2, 0) is 25.8 Å². The highest BCUT2D eigenvalue weighted by atomic mass is 16.5. The molecule has 0 aliphatic carbocycles. The average molecular weight is 285 g/mol. The zero-order chi connectivity index (χ0) is 14.8. The van der Waals surface area contributed by atoms with Crippen LogP contribution in [0, 0.1) is 0 Å². The van der Waals surface area contributed by atoms with Crippen molar-refractivity contribution in [3.8, 4) is 5.75 Å². The van der Waals surface area contributed by atoms with Crippen LogP contribution in [0.3, 0.4) is 0 Å². The standard InChI is InChI=1S/C17H23N3O/c1-3-14-10-15(20(4-2)19-14)11-16(18)12-5-6-17-13(9-12)7-8-21-17/h5-6,9-10,16H,3-4,7-8,11,18H2,1-2H3. The van der Waals surface area contributed by atoms with Gasteiger partial charge < -0.3 is 10.5 Å². The Bertz CT molecular complexity index is 633. The van der Waals surface area contributed by atoms with Crippen molar-refractivity contribution in [2.75, 3.05) is 6.61 Å². The highest BCUT2D eigenvalue weighted by molar-refractivity contribution is 5.41. The van der Waals surface area contributed by atoms with Crippen LogP contribution >= 0.6 is 0 Å². The molecule has 2 heterocycles. The lowest BCUT2D eigenvalue weighted by atomic mass is 9.99. The van der Waals surface area contributed by atoms with Crippen molar-refractivity contribution < 1.29 is 4.74 Å². The van der Waals surface area contributed by atoms with Gasteiger partial charge in [-0.1, -0.05) is 19.1 Å². The van der Waals surface area contributed by atoms with E-state index in [1.165, 1.54) is 16.8 Å². The third-order valence-electron chi connectivity index (χ3n) is 4.15. The van der Waals surface area contributed by atoms with E-state index < -0.39 is 0 Å². The Morgan fingerprint density at radius 1 is 1.33 bits per heavy atom. The Kier molecular flexibility index (Phi) is 3.97. The van der Waals surface area contributed by atoms with Crippen molar-refractivity contribution in [1.82, 2.24) is 9.78 Å². The van der Waals surface area contributed by atoms with Gasteiger partial charge in [-0.05, 0) is 36.6 Å². The normalized spacial score (nSPS) is 14.8. The molecule has 2 N–H and O–H groups in total. The molecular formula is C17H23N3O. The minimum Gasteiger partial charge on any atom is -0.493 e. The summed E-state index contributed by atoms with van der Waals surface area (Å²) in [6, 6.07) is 8.51. The van der Waals surface area contributed by atoms with E-state index in [0.717, 1.165) is 43.9 Å². The van der Waals surface area contributed by atoms with Gasteiger partial charge in [0.1, 0.15) is 5.75 Å². The van der Waals surface area contributed by atoms with Crippen LogP contribution in [0.5, 0.6) is 5.75 Å². The van der Waals surface area contributed by atoms with Crippen LogP contribution in [0.25, 0.3) is 0 Å². The summed E-state index contributed by atoms with van der Waals surface area (Å²) in [7, 11) is 0. The lowest BCUT2D eigenvalue weighted by molar-refractivity contribution is 0.357. The maximum absolute atomic E-state index is 6.41. The molecule has 0 amide bonds. The van der Waals surface area contributed by atoms with Gasteiger partial charge in [0, 0.05) is 31.1 Å². The van der Waals surface area contributed by atoms with E-state index in [1.54, 1.807) is 0 Å². The number of fused-ring (bicyclic) bond motifs is 1. The third-order valence-corrected chi connectivity index (χ3v) is 4.15. The summed E-state index contributed by atoms with van der Waals surface area (Å²) in [6.07, 6.45) is 2.77. The van der Waals surface area contributed by atoms with E-state index in [-0.39, 0.29) is 6.04 Å². The third kappa shape index (κ3) is 2.81. The number of nitrogens with two attached hydrogens (primary N) is 1. The molecule has 1 aliphatic rings. The second kappa shape index (κ2) is 5.90. The summed E-state index contributed by atoms with van der Waals surface area (Å²) < 4.78 is 7.62. The molecule has 1 unspecified atom stereocenters. The van der Waals surface area contributed by atoms with Gasteiger partial charge in [-0.25, -0.2) is 0 Å². The summed E-state index contributed by atoms with van der Waals surface area (Å²) in [5.41, 5.74) is 11.2. The summed E-state index contributed by atoms with van der Waals surface area (Å²) in [5.74, 6) is 1.01. The van der Waals surface area contributed by atoms with Crippen molar-refractivity contribution >= 4 is 0 Å². The molecule has 3 rings (SSSR count). The summed E-state index contributed by atoms with van der Waals surface area (Å²) in [6.45, 7) is 5.93. The SMILES string of the molecule is CCc1cc(CC(N)c2ccc3c(c2)CCO3)n(CC)n1. The van der Waals surface area contributed by atoms with Gasteiger partial charge >= 0.3 is 0 Å². The monoisotopic (exact) mass is 285 g/mol. The summed E-state index contributed by atoms with van der Waals surface area (Å²) >= 11 is 0. The zero-order valence-electron chi connectivity index (χ0n) is 12.8. The van der Waals surface area contributed by atoms with E-state index in [1.807, 2.05) is 6.07 Å². The van der Waals surface area contributed by atoms with E-state index in [9.17, 15) is 0 Å². The smallest absolute Gasteiger partial charge is 0.122 e. The molecule has 21 heavy (non-hydrogen) atoms. The maximum atomic E-state index is 6.41. The van der Waals surface area contributed by atoms with Crippen molar-refractivity contribution in [2.24, 2.45) is 5.73 Å². The number of ether oxygens (including phenoxy) is 1. The Morgan fingerprint density at radius 3 is 2.95 bits per heavy atom. The van der Waals surface area contributed by atoms with Gasteiger partial charge in [-0.15, -0.1) is 0 Å². The first kappa shape index (κ1) is 14.1. The van der Waals surface area contributed by atoms with Gasteiger partial charge in [0.2, 0.25) is 0 Å². The molecular weight excluding hydrogens is 262 g/mol. The molecule has 0 saturated heterocycles. The van der Waals surface area contributed by atoms with Gasteiger partial charge in [-0.3, -0.25) is 4.68 Å². The first-order valence-electron chi connectivity index (χ1n) is 7.78. The number of rotatable bonds is 5. The summed E-state index contributed by atoms with van der Waals surface area (Å²) in [5, 5.41) is 4.59. The van der Waals surface area contributed by atoms with Crippen molar-refractivity contribution in [2.45, 2.75) is 45.7 Å². The molecule has 1 aliphatic heterocycles. The molecule has 4 nitrogen and oxygen atoms in total. The average Bonchev–Trinajstić information content (AvgIpc) is 3.12. The predicted octanol–water partition coefficient (Wildman–Crippen LogP) is 2.64. The molecule has 0 saturated carbocycles. The van der Waals surface area contributed by atoms with Crippen LogP contribution in [0.2, 0.25) is 0 Å². The molecule has 1 aromatic carbocycles. The number of nitrogens with zero attached hydrogens (tertiary/aromatic N) is 2. The largest absolute Gasteiger partial charge is 0.493 e. The van der Waals surface area contributed by atoms with Crippen molar-refractivity contribution in [3.05, 3.63) is 46.8 Å². The minimum atomic E-state index is 0.00241. The van der Waals surface area contributed by atoms with E-state index in [2.05, 4.69) is 41.8 Å². The van der Waals surface area contributed by atoms with Crippen LogP contribution in [-0.4, -0.2) is 16.4 Å². The number of aryl methyl sites for hydroxylation is 2. The number of aromatic nitrogens is 2. The topological polar surface area (TPSA) is 53.1 Å². The molecule has 1 atom stereocenters. The molecule has 0 radical (unpaired) electrons. The quantitative estimate of drug-likeness (QED) is 0.919. The van der Waals surface area contributed by atoms with Crippen molar-refractivity contribution in [1.29, 1.82) is 0 Å². The minimum absolute atomic E-state index is 0.00241. The first-order chi connectivity index (χ1) is 10.2. The van der Waals surface area contributed by atoms with E-state index >= 15 is 0 Å². The summed E-state index contributed by atoms with van der Waals surface area (Å²) in [4.78, 5) is 0. The predicted molar refractivity (Wildman–Crippen MR) is 83.6 cm³/mol. The lowest BCUT2D eigenvalue weighted by Gasteiger charge is -2.14. The molecule has 0 bridgehead atoms. The van der Waals surface area contributed by atoms with Gasteiger partial charge in [-0.2, -0.15) is 5.10 Å².